The first-order valence-corrected chi connectivity index (χ1v) is 6.19. The van der Waals surface area contributed by atoms with Crippen molar-refractivity contribution in [2.75, 3.05) is 0 Å². The van der Waals surface area contributed by atoms with Crippen LogP contribution in [-0.4, -0.2) is 21.0 Å². The van der Waals surface area contributed by atoms with E-state index in [0.29, 0.717) is 10.0 Å². The lowest BCUT2D eigenvalue weighted by Crippen LogP contribution is -1.93. The molecule has 0 bridgehead atoms. The Morgan fingerprint density at radius 3 is 2.60 bits per heavy atom. The maximum atomic E-state index is 13.2. The second-order valence-corrected chi connectivity index (χ2v) is 4.59. The lowest BCUT2D eigenvalue weighted by Gasteiger charge is -2.04. The van der Waals surface area contributed by atoms with Gasteiger partial charge in [-0.1, -0.05) is 15.9 Å². The quantitative estimate of drug-likeness (QED) is 0.866. The number of rotatable bonds is 4. The van der Waals surface area contributed by atoms with E-state index in [1.807, 2.05) is 0 Å². The number of nitrogens with zero attached hydrogens (tertiary/aromatic N) is 2. The van der Waals surface area contributed by atoms with Crippen LogP contribution in [0.2, 0.25) is 0 Å². The molecule has 0 saturated carbocycles. The van der Waals surface area contributed by atoms with Gasteiger partial charge in [0, 0.05) is 34.6 Å². The summed E-state index contributed by atoms with van der Waals surface area (Å²) >= 11 is 3.15. The molecule has 2 aromatic rings. The van der Waals surface area contributed by atoms with Gasteiger partial charge in [0.2, 0.25) is 0 Å². The van der Waals surface area contributed by atoms with Crippen LogP contribution in [0.1, 0.15) is 5.56 Å². The third kappa shape index (κ3) is 4.13. The van der Waals surface area contributed by atoms with E-state index in [1.54, 1.807) is 6.07 Å². The summed E-state index contributed by atoms with van der Waals surface area (Å²) in [5, 5.41) is 8.48. The van der Waals surface area contributed by atoms with E-state index in [1.165, 1.54) is 30.6 Å². The molecule has 0 aliphatic heterocycles. The smallest absolute Gasteiger partial charge is 0.328 e. The van der Waals surface area contributed by atoms with E-state index in [2.05, 4.69) is 25.9 Å². The topological polar surface area (TPSA) is 72.3 Å². The van der Waals surface area contributed by atoms with Gasteiger partial charge in [0.05, 0.1) is 0 Å². The predicted octanol–water partition coefficient (Wildman–Crippen LogP) is 3.27. The molecule has 0 aliphatic rings. The zero-order chi connectivity index (χ0) is 14.5. The normalized spacial score (nSPS) is 10.7. The van der Waals surface area contributed by atoms with Crippen LogP contribution in [0.3, 0.4) is 0 Å². The summed E-state index contributed by atoms with van der Waals surface area (Å²) in [5.74, 6) is -1.25. The monoisotopic (exact) mass is 338 g/mol. The number of hydrogen-bond donors (Lipinski definition) is 1. The Morgan fingerprint density at radius 2 is 2.00 bits per heavy atom. The molecule has 20 heavy (non-hydrogen) atoms. The number of halogens is 2. The number of ether oxygens (including phenoxy) is 1. The van der Waals surface area contributed by atoms with E-state index < -0.39 is 11.8 Å². The molecule has 1 aromatic carbocycles. The van der Waals surface area contributed by atoms with Crippen molar-refractivity contribution in [3.8, 4) is 11.8 Å². The molecule has 0 amide bonds. The van der Waals surface area contributed by atoms with Crippen LogP contribution in [0.5, 0.6) is 11.8 Å². The summed E-state index contributed by atoms with van der Waals surface area (Å²) in [7, 11) is 0. The average Bonchev–Trinajstić information content (AvgIpc) is 2.36. The molecule has 0 spiro atoms. The summed E-state index contributed by atoms with van der Waals surface area (Å²) < 4.78 is 19.0. The molecule has 0 radical (unpaired) electrons. The fourth-order valence-electron chi connectivity index (χ4n) is 1.33. The Kier molecular flexibility index (Phi) is 4.41. The maximum absolute atomic E-state index is 13.2. The number of aliphatic carboxylic acids is 1. The fraction of sp³-hybridized carbons (Fsp3) is 0. The molecule has 0 aliphatic carbocycles. The van der Waals surface area contributed by atoms with Gasteiger partial charge in [0.1, 0.15) is 11.6 Å². The molecule has 0 unspecified atom stereocenters. The second-order valence-electron chi connectivity index (χ2n) is 3.68. The van der Waals surface area contributed by atoms with Crippen molar-refractivity contribution in [2.45, 2.75) is 0 Å². The number of benzene rings is 1. The Hall–Kier alpha value is -2.28. The summed E-state index contributed by atoms with van der Waals surface area (Å²) in [6, 6.07) is 4.11. The third-order valence-electron chi connectivity index (χ3n) is 2.11. The Labute approximate surface area is 121 Å². The minimum Gasteiger partial charge on any atom is -0.478 e. The minimum atomic E-state index is -1.06. The molecule has 1 N–H and O–H groups in total. The van der Waals surface area contributed by atoms with Crippen molar-refractivity contribution in [1.29, 1.82) is 0 Å². The third-order valence-corrected chi connectivity index (χ3v) is 2.57. The van der Waals surface area contributed by atoms with Crippen molar-refractivity contribution in [1.82, 2.24) is 9.97 Å². The first-order valence-electron chi connectivity index (χ1n) is 5.40. The molecule has 0 atom stereocenters. The highest BCUT2D eigenvalue weighted by molar-refractivity contribution is 9.10. The Bertz CT molecular complexity index is 639. The summed E-state index contributed by atoms with van der Waals surface area (Å²) in [6.07, 6.45) is 5.13. The zero-order valence-corrected chi connectivity index (χ0v) is 11.5. The average molecular weight is 339 g/mol. The highest BCUT2D eigenvalue weighted by atomic mass is 79.9. The fourth-order valence-corrected chi connectivity index (χ4v) is 1.77. The Balaban J connectivity index is 2.12. The van der Waals surface area contributed by atoms with Crippen LogP contribution >= 0.6 is 15.9 Å². The summed E-state index contributed by atoms with van der Waals surface area (Å²) in [5.41, 5.74) is 0.514. The SMILES string of the molecule is O=C(O)/C=C/c1cnc(Oc2cc(F)cc(Br)c2)nc1. The largest absolute Gasteiger partial charge is 0.478 e. The van der Waals surface area contributed by atoms with Crippen LogP contribution in [0.15, 0.2) is 41.1 Å². The van der Waals surface area contributed by atoms with Crippen molar-refractivity contribution in [3.05, 3.63) is 52.5 Å². The van der Waals surface area contributed by atoms with Crippen LogP contribution in [0.25, 0.3) is 6.08 Å². The number of hydrogen-bond acceptors (Lipinski definition) is 4. The van der Waals surface area contributed by atoms with Gasteiger partial charge in [-0.3, -0.25) is 0 Å². The van der Waals surface area contributed by atoms with Crippen LogP contribution in [0, 0.1) is 5.82 Å². The number of carbonyl (C=O) groups is 1. The van der Waals surface area contributed by atoms with Crippen LogP contribution in [0.4, 0.5) is 4.39 Å². The summed E-state index contributed by atoms with van der Waals surface area (Å²) in [4.78, 5) is 18.1. The molecule has 0 fully saturated rings. The van der Waals surface area contributed by atoms with Gasteiger partial charge >= 0.3 is 12.0 Å². The molecule has 7 heteroatoms. The van der Waals surface area contributed by atoms with E-state index in [-0.39, 0.29) is 11.8 Å². The van der Waals surface area contributed by atoms with Crippen molar-refractivity contribution in [3.63, 3.8) is 0 Å². The van der Waals surface area contributed by atoms with Crippen LogP contribution in [-0.2, 0) is 4.79 Å². The van der Waals surface area contributed by atoms with Gasteiger partial charge in [-0.15, -0.1) is 0 Å². The standard InChI is InChI=1S/C13H8BrFN2O3/c14-9-3-10(15)5-11(4-9)20-13-16-6-8(7-17-13)1-2-12(18)19/h1-7H,(H,18,19)/b2-1+. The van der Waals surface area contributed by atoms with Gasteiger partial charge in [-0.25, -0.2) is 19.2 Å². The first-order chi connectivity index (χ1) is 9.52. The van der Waals surface area contributed by atoms with Crippen molar-refractivity contribution >= 4 is 28.0 Å². The predicted molar refractivity (Wildman–Crippen MR) is 72.9 cm³/mol. The molecule has 102 valence electrons. The zero-order valence-electron chi connectivity index (χ0n) is 9.96. The molecule has 1 aromatic heterocycles. The van der Waals surface area contributed by atoms with Gasteiger partial charge in [-0.2, -0.15) is 0 Å². The molecular weight excluding hydrogens is 331 g/mol. The van der Waals surface area contributed by atoms with Gasteiger partial charge in [0.25, 0.3) is 0 Å². The summed E-state index contributed by atoms with van der Waals surface area (Å²) in [6.45, 7) is 0. The Morgan fingerprint density at radius 1 is 1.30 bits per heavy atom. The van der Waals surface area contributed by atoms with Gasteiger partial charge < -0.3 is 9.84 Å². The van der Waals surface area contributed by atoms with Crippen LogP contribution < -0.4 is 4.74 Å². The molecular formula is C13H8BrFN2O3. The second kappa shape index (κ2) is 6.25. The van der Waals surface area contributed by atoms with Crippen molar-refractivity contribution < 1.29 is 19.0 Å². The highest BCUT2D eigenvalue weighted by Gasteiger charge is 2.04. The van der Waals surface area contributed by atoms with Crippen molar-refractivity contribution in [2.24, 2.45) is 0 Å². The van der Waals surface area contributed by atoms with Gasteiger partial charge in [-0.05, 0) is 18.2 Å². The van der Waals surface area contributed by atoms with E-state index in [4.69, 9.17) is 9.84 Å². The highest BCUT2D eigenvalue weighted by Crippen LogP contribution is 2.23. The lowest BCUT2D eigenvalue weighted by atomic mass is 10.3. The first kappa shape index (κ1) is 14.1. The maximum Gasteiger partial charge on any atom is 0.328 e. The van der Waals surface area contributed by atoms with E-state index >= 15 is 0 Å². The minimum absolute atomic E-state index is 0.0370. The molecule has 2 rings (SSSR count). The van der Waals surface area contributed by atoms with Gasteiger partial charge in [0.15, 0.2) is 0 Å². The molecule has 0 saturated heterocycles. The number of carboxylic acids is 1. The molecule has 1 heterocycles. The lowest BCUT2D eigenvalue weighted by molar-refractivity contribution is -0.131. The number of carboxylic acid groups (broad SMARTS) is 1. The van der Waals surface area contributed by atoms with E-state index in [9.17, 15) is 9.18 Å². The van der Waals surface area contributed by atoms with E-state index in [0.717, 1.165) is 6.08 Å². The molecule has 5 nitrogen and oxygen atoms in total. The number of aromatic nitrogens is 2.